The predicted octanol–water partition coefficient (Wildman–Crippen LogP) is 4.41. The Bertz CT molecular complexity index is 1190. The number of anilines is 1. The van der Waals surface area contributed by atoms with E-state index < -0.39 is 0 Å². The van der Waals surface area contributed by atoms with Gasteiger partial charge in [-0.05, 0) is 36.8 Å². The molecule has 4 aromatic rings. The van der Waals surface area contributed by atoms with E-state index in [2.05, 4.69) is 20.4 Å². The average molecular weight is 397 g/mol. The molecule has 0 bridgehead atoms. The Morgan fingerprint density at radius 3 is 2.86 bits per heavy atom. The highest BCUT2D eigenvalue weighted by atomic mass is 35.5. The van der Waals surface area contributed by atoms with Crippen molar-refractivity contribution in [2.45, 2.75) is 13.0 Å². The number of nitrogens with zero attached hydrogens (tertiary/aromatic N) is 2. The van der Waals surface area contributed by atoms with Crippen molar-refractivity contribution < 1.29 is 9.26 Å². The highest BCUT2D eigenvalue weighted by molar-refractivity contribution is 6.32. The molecular weight excluding hydrogens is 380 g/mol. The fourth-order valence-electron chi connectivity index (χ4n) is 3.04. The van der Waals surface area contributed by atoms with Crippen molar-refractivity contribution in [1.29, 1.82) is 0 Å². The molecule has 0 aliphatic heterocycles. The van der Waals surface area contributed by atoms with Crippen LogP contribution in [-0.4, -0.2) is 22.2 Å². The summed E-state index contributed by atoms with van der Waals surface area (Å²) < 4.78 is 10.1. The van der Waals surface area contributed by atoms with Gasteiger partial charge in [-0.3, -0.25) is 4.79 Å². The van der Waals surface area contributed by atoms with Crippen LogP contribution in [0, 0.1) is 0 Å². The summed E-state index contributed by atoms with van der Waals surface area (Å²) in [6, 6.07) is 8.76. The summed E-state index contributed by atoms with van der Waals surface area (Å²) in [6.45, 7) is 1.90. The van der Waals surface area contributed by atoms with Crippen LogP contribution < -0.4 is 15.6 Å². The van der Waals surface area contributed by atoms with Gasteiger partial charge in [0.2, 0.25) is 0 Å². The summed E-state index contributed by atoms with van der Waals surface area (Å²) in [4.78, 5) is 19.8. The molecule has 0 aliphatic carbocycles. The van der Waals surface area contributed by atoms with E-state index >= 15 is 0 Å². The number of pyridine rings is 2. The lowest BCUT2D eigenvalue weighted by atomic mass is 10.1. The fourth-order valence-corrected chi connectivity index (χ4v) is 3.29. The van der Waals surface area contributed by atoms with Crippen molar-refractivity contribution in [3.8, 4) is 16.9 Å². The summed E-state index contributed by atoms with van der Waals surface area (Å²) in [6.07, 6.45) is 4.89. The van der Waals surface area contributed by atoms with Crippen LogP contribution in [0.15, 0.2) is 58.3 Å². The van der Waals surface area contributed by atoms with Gasteiger partial charge in [-0.15, -0.1) is 0 Å². The number of methoxy groups -OCH3 is 1. The third kappa shape index (κ3) is 3.44. The molecule has 3 aromatic heterocycles. The van der Waals surface area contributed by atoms with Crippen LogP contribution >= 0.6 is 11.6 Å². The average Bonchev–Trinajstić information content (AvgIpc) is 3.22. The van der Waals surface area contributed by atoms with Crippen molar-refractivity contribution in [2.24, 2.45) is 0 Å². The number of hydrogen-bond acceptors (Lipinski definition) is 6. The number of benzene rings is 1. The molecule has 1 atom stereocenters. The Kier molecular flexibility index (Phi) is 4.75. The van der Waals surface area contributed by atoms with Gasteiger partial charge < -0.3 is 19.6 Å². The van der Waals surface area contributed by atoms with Gasteiger partial charge in [-0.1, -0.05) is 16.8 Å². The first-order valence-corrected chi connectivity index (χ1v) is 8.96. The molecule has 0 amide bonds. The second kappa shape index (κ2) is 7.36. The van der Waals surface area contributed by atoms with Gasteiger partial charge in [-0.2, -0.15) is 0 Å². The number of hydrogen-bond donors (Lipinski definition) is 2. The molecule has 0 fully saturated rings. The third-order valence-electron chi connectivity index (χ3n) is 4.50. The minimum absolute atomic E-state index is 0.188. The van der Waals surface area contributed by atoms with Crippen molar-refractivity contribution in [1.82, 2.24) is 15.1 Å². The topological polar surface area (TPSA) is 93.0 Å². The molecule has 28 heavy (non-hydrogen) atoms. The van der Waals surface area contributed by atoms with Crippen molar-refractivity contribution in [3.05, 3.63) is 69.9 Å². The first-order chi connectivity index (χ1) is 13.5. The molecule has 4 rings (SSSR count). The van der Waals surface area contributed by atoms with Gasteiger partial charge in [0.25, 0.3) is 5.56 Å². The molecule has 0 radical (unpaired) electrons. The molecule has 7 nitrogen and oxygen atoms in total. The summed E-state index contributed by atoms with van der Waals surface area (Å²) >= 11 is 6.22. The molecule has 0 saturated heterocycles. The summed E-state index contributed by atoms with van der Waals surface area (Å²) in [5.41, 5.74) is 2.82. The molecule has 2 N–H and O–H groups in total. The molecule has 0 aliphatic rings. The smallest absolute Gasteiger partial charge is 0.253 e. The molecule has 1 aromatic carbocycles. The lowest BCUT2D eigenvalue weighted by molar-refractivity contribution is 0.415. The zero-order valence-corrected chi connectivity index (χ0v) is 15.9. The van der Waals surface area contributed by atoms with Crippen LogP contribution in [0.2, 0.25) is 5.02 Å². The highest BCUT2D eigenvalue weighted by Gasteiger charge is 2.14. The number of fused-ring (bicyclic) bond motifs is 1. The Morgan fingerprint density at radius 1 is 1.25 bits per heavy atom. The zero-order valence-electron chi connectivity index (χ0n) is 15.2. The van der Waals surface area contributed by atoms with Gasteiger partial charge in [0, 0.05) is 28.8 Å². The van der Waals surface area contributed by atoms with Crippen LogP contribution in [0.25, 0.3) is 22.0 Å². The number of rotatable bonds is 5. The minimum atomic E-state index is -0.278. The Hall–Kier alpha value is -3.32. The summed E-state index contributed by atoms with van der Waals surface area (Å²) in [5.74, 6) is 1.15. The fraction of sp³-hybridized carbons (Fsp3) is 0.150. The number of nitrogens with one attached hydrogen (secondary N) is 2. The Balaban J connectivity index is 1.65. The summed E-state index contributed by atoms with van der Waals surface area (Å²) in [7, 11) is 1.53. The van der Waals surface area contributed by atoms with E-state index in [1.807, 2.05) is 25.1 Å². The van der Waals surface area contributed by atoms with Gasteiger partial charge in [0.15, 0.2) is 0 Å². The minimum Gasteiger partial charge on any atom is -0.495 e. The maximum atomic E-state index is 12.6. The molecule has 1 unspecified atom stereocenters. The first-order valence-electron chi connectivity index (χ1n) is 8.58. The third-order valence-corrected chi connectivity index (χ3v) is 4.80. The predicted molar refractivity (Wildman–Crippen MR) is 108 cm³/mol. The highest BCUT2D eigenvalue weighted by Crippen LogP contribution is 2.30. The molecular formula is C20H17ClN4O3. The number of H-pyrrole nitrogens is 1. The van der Waals surface area contributed by atoms with Crippen LogP contribution in [0.3, 0.4) is 0 Å². The largest absolute Gasteiger partial charge is 0.495 e. The molecule has 0 spiro atoms. The zero-order chi connectivity index (χ0) is 19.7. The van der Waals surface area contributed by atoms with Crippen LogP contribution in [0.5, 0.6) is 5.75 Å². The maximum Gasteiger partial charge on any atom is 0.253 e. The van der Waals surface area contributed by atoms with Crippen molar-refractivity contribution >= 4 is 28.3 Å². The van der Waals surface area contributed by atoms with E-state index in [1.54, 1.807) is 30.8 Å². The molecule has 8 heteroatoms. The standard InChI is InChI=1S/C20H17ClN4O3/c1-11(24-19-7-12(3-4-22-19)14-9-23-28-10-14)15-5-13-6-16(21)18(27-2)8-17(13)25-20(15)26/h3-11H,1-2H3,(H,22,24)(H,25,26). The number of aromatic amines is 1. The van der Waals surface area contributed by atoms with Gasteiger partial charge in [0.05, 0.1) is 29.9 Å². The Morgan fingerprint density at radius 2 is 2.11 bits per heavy atom. The quantitative estimate of drug-likeness (QED) is 0.519. The van der Waals surface area contributed by atoms with E-state index in [4.69, 9.17) is 20.9 Å². The second-order valence-corrected chi connectivity index (χ2v) is 6.74. The van der Waals surface area contributed by atoms with Crippen LogP contribution in [0.1, 0.15) is 18.5 Å². The normalized spacial score (nSPS) is 12.1. The molecule has 142 valence electrons. The van der Waals surface area contributed by atoms with Gasteiger partial charge in [-0.25, -0.2) is 4.98 Å². The maximum absolute atomic E-state index is 12.6. The Labute approximate surface area is 165 Å². The van der Waals surface area contributed by atoms with E-state index in [0.29, 0.717) is 27.7 Å². The van der Waals surface area contributed by atoms with E-state index in [0.717, 1.165) is 16.5 Å². The van der Waals surface area contributed by atoms with Crippen molar-refractivity contribution in [3.63, 3.8) is 0 Å². The van der Waals surface area contributed by atoms with Gasteiger partial charge in [0.1, 0.15) is 17.8 Å². The van der Waals surface area contributed by atoms with E-state index in [1.165, 1.54) is 7.11 Å². The monoisotopic (exact) mass is 396 g/mol. The van der Waals surface area contributed by atoms with Crippen LogP contribution in [-0.2, 0) is 0 Å². The SMILES string of the molecule is COc1cc2[nH]c(=O)c(C(C)Nc3cc(-c4cnoc4)ccn3)cc2cc1Cl. The lowest BCUT2D eigenvalue weighted by Gasteiger charge is -2.15. The second-order valence-electron chi connectivity index (χ2n) is 6.34. The van der Waals surface area contributed by atoms with Crippen LogP contribution in [0.4, 0.5) is 5.82 Å². The van der Waals surface area contributed by atoms with Gasteiger partial charge >= 0.3 is 0 Å². The number of aromatic nitrogens is 3. The van der Waals surface area contributed by atoms with Crippen molar-refractivity contribution in [2.75, 3.05) is 12.4 Å². The van der Waals surface area contributed by atoms with E-state index in [9.17, 15) is 4.79 Å². The molecule has 3 heterocycles. The summed E-state index contributed by atoms with van der Waals surface area (Å²) in [5, 5.41) is 8.28. The number of ether oxygens (including phenoxy) is 1. The number of halogens is 1. The lowest BCUT2D eigenvalue weighted by Crippen LogP contribution is -2.19. The molecule has 0 saturated carbocycles. The first kappa shape index (κ1) is 18.1. The van der Waals surface area contributed by atoms with E-state index in [-0.39, 0.29) is 11.6 Å².